The van der Waals surface area contributed by atoms with Crippen molar-refractivity contribution in [1.82, 2.24) is 20.4 Å². The maximum absolute atomic E-state index is 12.5. The third-order valence-electron chi connectivity index (χ3n) is 4.75. The van der Waals surface area contributed by atoms with Crippen molar-refractivity contribution in [2.75, 3.05) is 46.3 Å². The molecular weight excluding hydrogens is 326 g/mol. The van der Waals surface area contributed by atoms with Gasteiger partial charge < -0.3 is 20.4 Å². The Hall–Kier alpha value is -2.08. The van der Waals surface area contributed by atoms with E-state index in [9.17, 15) is 4.79 Å². The van der Waals surface area contributed by atoms with Crippen molar-refractivity contribution in [2.24, 2.45) is 4.99 Å². The van der Waals surface area contributed by atoms with E-state index in [1.807, 2.05) is 42.2 Å². The molecule has 0 radical (unpaired) electrons. The number of carbonyl (C=O) groups is 1. The van der Waals surface area contributed by atoms with Gasteiger partial charge in [0.05, 0.1) is 6.54 Å². The molecule has 6 heteroatoms. The van der Waals surface area contributed by atoms with Gasteiger partial charge in [-0.05, 0) is 38.4 Å². The third kappa shape index (κ3) is 7.04. The van der Waals surface area contributed by atoms with Crippen LogP contribution in [0.4, 0.5) is 0 Å². The zero-order valence-corrected chi connectivity index (χ0v) is 16.2. The number of aliphatic imine (C=N–C) groups is 1. The molecule has 2 rings (SSSR count). The molecular formula is C20H33N5O. The van der Waals surface area contributed by atoms with Crippen LogP contribution in [-0.2, 0) is 11.3 Å². The first-order valence-corrected chi connectivity index (χ1v) is 9.71. The minimum Gasteiger partial charge on any atom is -0.355 e. The summed E-state index contributed by atoms with van der Waals surface area (Å²) >= 11 is 0. The van der Waals surface area contributed by atoms with Crippen LogP contribution in [0.5, 0.6) is 0 Å². The number of guanidine groups is 1. The van der Waals surface area contributed by atoms with Gasteiger partial charge in [-0.25, -0.2) is 0 Å². The summed E-state index contributed by atoms with van der Waals surface area (Å²) in [5.74, 6) is 0.765. The predicted octanol–water partition coefficient (Wildman–Crippen LogP) is 1.69. The van der Waals surface area contributed by atoms with Gasteiger partial charge in [-0.15, -0.1) is 0 Å². The van der Waals surface area contributed by atoms with Gasteiger partial charge in [0.2, 0.25) is 5.91 Å². The Kier molecular flexibility index (Phi) is 8.96. The van der Waals surface area contributed by atoms with E-state index in [1.54, 1.807) is 7.05 Å². The number of carbonyl (C=O) groups excluding carboxylic acids is 1. The predicted molar refractivity (Wildman–Crippen MR) is 107 cm³/mol. The number of nitrogens with one attached hydrogen (secondary N) is 2. The molecule has 1 aromatic carbocycles. The van der Waals surface area contributed by atoms with Crippen LogP contribution in [-0.4, -0.2) is 68.0 Å². The highest BCUT2D eigenvalue weighted by Gasteiger charge is 2.13. The van der Waals surface area contributed by atoms with Crippen LogP contribution in [0.15, 0.2) is 35.3 Å². The first-order valence-electron chi connectivity index (χ1n) is 9.71. The van der Waals surface area contributed by atoms with Gasteiger partial charge >= 0.3 is 0 Å². The molecule has 144 valence electrons. The lowest BCUT2D eigenvalue weighted by Gasteiger charge is -2.26. The molecule has 0 atom stereocenters. The molecule has 1 heterocycles. The lowest BCUT2D eigenvalue weighted by Crippen LogP contribution is -2.46. The second kappa shape index (κ2) is 11.5. The number of hydrogen-bond acceptors (Lipinski definition) is 3. The van der Waals surface area contributed by atoms with Gasteiger partial charge in [0.15, 0.2) is 5.96 Å². The highest BCUT2D eigenvalue weighted by molar-refractivity contribution is 5.86. The first kappa shape index (κ1) is 20.2. The number of hydrogen-bond donors (Lipinski definition) is 2. The van der Waals surface area contributed by atoms with Crippen molar-refractivity contribution < 1.29 is 4.79 Å². The molecule has 1 aliphatic heterocycles. The molecule has 0 bridgehead atoms. The van der Waals surface area contributed by atoms with Crippen LogP contribution in [0.1, 0.15) is 31.7 Å². The highest BCUT2D eigenvalue weighted by atomic mass is 16.2. The molecule has 1 amide bonds. The molecule has 1 saturated heterocycles. The van der Waals surface area contributed by atoms with Crippen LogP contribution in [0.25, 0.3) is 0 Å². The Morgan fingerprint density at radius 3 is 2.54 bits per heavy atom. The first-order chi connectivity index (χ1) is 12.7. The maximum atomic E-state index is 12.5. The number of benzene rings is 1. The van der Waals surface area contributed by atoms with Crippen molar-refractivity contribution in [2.45, 2.75) is 32.7 Å². The lowest BCUT2D eigenvalue weighted by atomic mass is 10.1. The Morgan fingerprint density at radius 2 is 1.88 bits per heavy atom. The molecule has 0 saturated carbocycles. The molecule has 0 aromatic heterocycles. The Bertz CT molecular complexity index is 555. The molecule has 1 aromatic rings. The zero-order valence-electron chi connectivity index (χ0n) is 16.2. The van der Waals surface area contributed by atoms with E-state index in [-0.39, 0.29) is 12.5 Å². The van der Waals surface area contributed by atoms with Gasteiger partial charge in [-0.3, -0.25) is 9.79 Å². The fourth-order valence-corrected chi connectivity index (χ4v) is 3.19. The number of likely N-dealkylation sites (tertiary alicyclic amines) is 1. The molecule has 1 fully saturated rings. The summed E-state index contributed by atoms with van der Waals surface area (Å²) in [6.07, 6.45) is 3.96. The van der Waals surface area contributed by atoms with Crippen LogP contribution in [0, 0.1) is 0 Å². The number of amides is 1. The monoisotopic (exact) mass is 359 g/mol. The Balaban J connectivity index is 1.70. The minimum atomic E-state index is 0.0790. The lowest BCUT2D eigenvalue weighted by molar-refractivity contribution is -0.130. The summed E-state index contributed by atoms with van der Waals surface area (Å²) < 4.78 is 0. The maximum Gasteiger partial charge on any atom is 0.242 e. The second-order valence-corrected chi connectivity index (χ2v) is 6.65. The molecule has 0 aliphatic carbocycles. The molecule has 6 nitrogen and oxygen atoms in total. The van der Waals surface area contributed by atoms with E-state index in [2.05, 4.69) is 20.5 Å². The standard InChI is InChI=1S/C20H33N5O/c1-3-25(17-18-10-6-4-7-11-18)19(26)16-23-20(21-2)22-12-15-24-13-8-5-9-14-24/h4,6-7,10-11H,3,5,8-9,12-17H2,1-2H3,(H2,21,22,23). The second-order valence-electron chi connectivity index (χ2n) is 6.65. The van der Waals surface area contributed by atoms with Crippen molar-refractivity contribution in [3.63, 3.8) is 0 Å². The van der Waals surface area contributed by atoms with Crippen LogP contribution < -0.4 is 10.6 Å². The molecule has 2 N–H and O–H groups in total. The van der Waals surface area contributed by atoms with E-state index in [1.165, 1.54) is 32.4 Å². The summed E-state index contributed by atoms with van der Waals surface area (Å²) in [6, 6.07) is 10.1. The number of nitrogens with zero attached hydrogens (tertiary/aromatic N) is 3. The van der Waals surface area contributed by atoms with Crippen LogP contribution in [0.2, 0.25) is 0 Å². The van der Waals surface area contributed by atoms with E-state index in [0.717, 1.165) is 18.7 Å². The Morgan fingerprint density at radius 1 is 1.15 bits per heavy atom. The highest BCUT2D eigenvalue weighted by Crippen LogP contribution is 2.07. The Labute approximate surface area is 157 Å². The van der Waals surface area contributed by atoms with Gasteiger partial charge in [0, 0.05) is 33.2 Å². The topological polar surface area (TPSA) is 60.0 Å². The summed E-state index contributed by atoms with van der Waals surface area (Å²) in [5.41, 5.74) is 1.15. The summed E-state index contributed by atoms with van der Waals surface area (Å²) in [4.78, 5) is 21.0. The van der Waals surface area contributed by atoms with Gasteiger partial charge in [0.25, 0.3) is 0 Å². The SMILES string of the molecule is CCN(Cc1ccccc1)C(=O)CNC(=NC)NCCN1CCCCC1. The van der Waals surface area contributed by atoms with Crippen molar-refractivity contribution in [3.8, 4) is 0 Å². The van der Waals surface area contributed by atoms with E-state index in [0.29, 0.717) is 19.0 Å². The van der Waals surface area contributed by atoms with E-state index < -0.39 is 0 Å². The van der Waals surface area contributed by atoms with Crippen molar-refractivity contribution in [3.05, 3.63) is 35.9 Å². The van der Waals surface area contributed by atoms with E-state index in [4.69, 9.17) is 0 Å². The fraction of sp³-hybridized carbons (Fsp3) is 0.600. The molecule has 0 unspecified atom stereocenters. The minimum absolute atomic E-state index is 0.0790. The number of rotatable bonds is 8. The zero-order chi connectivity index (χ0) is 18.6. The largest absolute Gasteiger partial charge is 0.355 e. The van der Waals surface area contributed by atoms with Crippen molar-refractivity contribution in [1.29, 1.82) is 0 Å². The molecule has 26 heavy (non-hydrogen) atoms. The quantitative estimate of drug-likeness (QED) is 0.548. The average Bonchev–Trinajstić information content (AvgIpc) is 2.70. The third-order valence-corrected chi connectivity index (χ3v) is 4.75. The summed E-state index contributed by atoms with van der Waals surface area (Å²) in [6.45, 7) is 7.83. The van der Waals surface area contributed by atoms with Crippen LogP contribution in [0.3, 0.4) is 0 Å². The fourth-order valence-electron chi connectivity index (χ4n) is 3.19. The molecule has 1 aliphatic rings. The average molecular weight is 360 g/mol. The van der Waals surface area contributed by atoms with Crippen molar-refractivity contribution >= 4 is 11.9 Å². The van der Waals surface area contributed by atoms with Crippen LogP contribution >= 0.6 is 0 Å². The number of piperidine rings is 1. The molecule has 0 spiro atoms. The van der Waals surface area contributed by atoms with Gasteiger partial charge in [0.1, 0.15) is 0 Å². The van der Waals surface area contributed by atoms with E-state index >= 15 is 0 Å². The summed E-state index contributed by atoms with van der Waals surface area (Å²) in [5, 5.41) is 6.44. The normalized spacial score (nSPS) is 15.5. The van der Waals surface area contributed by atoms with Gasteiger partial charge in [-0.1, -0.05) is 36.8 Å². The van der Waals surface area contributed by atoms with Gasteiger partial charge in [-0.2, -0.15) is 0 Å². The smallest absolute Gasteiger partial charge is 0.242 e. The number of likely N-dealkylation sites (N-methyl/N-ethyl adjacent to an activating group) is 1. The summed E-state index contributed by atoms with van der Waals surface area (Å²) in [7, 11) is 1.74.